The number of nitrogens with zero attached hydrogens (tertiary/aromatic N) is 2. The summed E-state index contributed by atoms with van der Waals surface area (Å²) >= 11 is 11.3. The summed E-state index contributed by atoms with van der Waals surface area (Å²) in [6, 6.07) is 20.4. The number of aryl methyl sites for hydroxylation is 1. The van der Waals surface area contributed by atoms with Crippen LogP contribution in [0.3, 0.4) is 0 Å². The molecule has 13 heteroatoms. The highest BCUT2D eigenvalue weighted by Crippen LogP contribution is 2.21. The van der Waals surface area contributed by atoms with Crippen LogP contribution in [0.2, 0.25) is 10.0 Å². The summed E-state index contributed by atoms with van der Waals surface area (Å²) in [6.07, 6.45) is 0.287. The first kappa shape index (κ1) is 34.0. The van der Waals surface area contributed by atoms with Crippen molar-refractivity contribution in [3.63, 3.8) is 0 Å². The van der Waals surface area contributed by atoms with E-state index in [-0.39, 0.29) is 24.7 Å². The minimum absolute atomic E-state index is 0.0754. The molecule has 0 saturated heterocycles. The van der Waals surface area contributed by atoms with E-state index in [0.29, 0.717) is 41.6 Å². The van der Waals surface area contributed by atoms with Gasteiger partial charge in [0.05, 0.1) is 22.5 Å². The van der Waals surface area contributed by atoms with E-state index in [1.165, 1.54) is 0 Å². The fourth-order valence-electron chi connectivity index (χ4n) is 3.82. The number of rotatable bonds is 12. The van der Waals surface area contributed by atoms with E-state index in [9.17, 15) is 14.4 Å². The first-order chi connectivity index (χ1) is 21.1. The third-order valence-corrected chi connectivity index (χ3v) is 6.77. The number of carbonyl (C=O) groups is 3. The van der Waals surface area contributed by atoms with Gasteiger partial charge < -0.3 is 30.8 Å². The van der Waals surface area contributed by atoms with Crippen molar-refractivity contribution in [3.8, 4) is 5.75 Å². The minimum atomic E-state index is -0.906. The molecule has 4 rings (SSSR count). The van der Waals surface area contributed by atoms with Gasteiger partial charge in [0.1, 0.15) is 12.4 Å². The predicted octanol–water partition coefficient (Wildman–Crippen LogP) is 6.03. The van der Waals surface area contributed by atoms with Gasteiger partial charge >= 0.3 is 12.2 Å². The monoisotopic (exact) mass is 641 g/mol. The largest absolute Gasteiger partial charge is 0.445 e. The van der Waals surface area contributed by atoms with Crippen LogP contribution in [0.1, 0.15) is 52.5 Å². The standard InChI is InChI=1S/C24H27N5O6.C7H6Cl2/c25-13-5-4-8-19(27-24(32)33-15-17-6-2-1-3-7-17)21(30)22-28-20(35-29-22)14-16-9-11-18(12-10-16)34-23(26)31;1-5-2-3-6(8)7(9)4-5/h1-3,6-7,9-12,19H,4-5,8,13-15,25H2,(H2,26,31)(H,27,32);2-4H,1H3. The maximum atomic E-state index is 13.0. The average Bonchev–Trinajstić information content (AvgIpc) is 3.47. The number of alkyl carbamates (subject to hydrolysis) is 1. The highest BCUT2D eigenvalue weighted by atomic mass is 35.5. The van der Waals surface area contributed by atoms with Gasteiger partial charge in [-0.15, -0.1) is 0 Å². The number of halogens is 2. The Kier molecular flexibility index (Phi) is 13.6. The van der Waals surface area contributed by atoms with E-state index in [0.717, 1.165) is 16.7 Å². The second-order valence-corrected chi connectivity index (χ2v) is 10.4. The summed E-state index contributed by atoms with van der Waals surface area (Å²) in [6.45, 7) is 2.52. The smallest absolute Gasteiger partial charge is 0.409 e. The van der Waals surface area contributed by atoms with Gasteiger partial charge in [0.25, 0.3) is 0 Å². The number of benzene rings is 3. The molecule has 4 aromatic rings. The molecule has 0 aliphatic heterocycles. The van der Waals surface area contributed by atoms with Crippen LogP contribution < -0.4 is 21.5 Å². The molecular weight excluding hydrogens is 609 g/mol. The van der Waals surface area contributed by atoms with Crippen molar-refractivity contribution in [2.75, 3.05) is 6.54 Å². The van der Waals surface area contributed by atoms with Crippen LogP contribution in [-0.2, 0) is 17.8 Å². The van der Waals surface area contributed by atoms with Gasteiger partial charge in [-0.25, -0.2) is 9.59 Å². The number of ether oxygens (including phenoxy) is 2. The zero-order valence-electron chi connectivity index (χ0n) is 24.0. The van der Waals surface area contributed by atoms with Crippen molar-refractivity contribution in [1.29, 1.82) is 0 Å². The zero-order valence-corrected chi connectivity index (χ0v) is 25.5. The SMILES string of the molecule is Cc1ccc(Cl)c(Cl)c1.NCCCCC(NC(=O)OCc1ccccc1)C(=O)c1noc(Cc2ccc(OC(N)=O)cc2)n1. The van der Waals surface area contributed by atoms with Crippen LogP contribution in [0.15, 0.2) is 77.3 Å². The number of Topliss-reactive ketones (excluding diaryl/α,β-unsaturated/α-hetero) is 1. The van der Waals surface area contributed by atoms with Crippen molar-refractivity contribution in [2.24, 2.45) is 11.5 Å². The van der Waals surface area contributed by atoms with Crippen molar-refractivity contribution in [2.45, 2.75) is 45.3 Å². The molecular formula is C31H33Cl2N5O6. The lowest BCUT2D eigenvalue weighted by atomic mass is 10.0. The van der Waals surface area contributed by atoms with Crippen molar-refractivity contribution >= 4 is 41.2 Å². The Bertz CT molecular complexity index is 1520. The van der Waals surface area contributed by atoms with Crippen LogP contribution >= 0.6 is 23.2 Å². The van der Waals surface area contributed by atoms with Gasteiger partial charge in [-0.1, -0.05) is 76.9 Å². The number of carbonyl (C=O) groups excluding carboxylic acids is 3. The molecule has 1 aromatic heterocycles. The topological polar surface area (TPSA) is 173 Å². The van der Waals surface area contributed by atoms with E-state index < -0.39 is 24.0 Å². The minimum Gasteiger partial charge on any atom is -0.445 e. The maximum absolute atomic E-state index is 13.0. The van der Waals surface area contributed by atoms with Crippen LogP contribution in [-0.4, -0.2) is 40.7 Å². The predicted molar refractivity (Wildman–Crippen MR) is 166 cm³/mol. The Morgan fingerprint density at radius 2 is 1.68 bits per heavy atom. The van der Waals surface area contributed by atoms with Crippen LogP contribution in [0.25, 0.3) is 0 Å². The van der Waals surface area contributed by atoms with Gasteiger partial charge in [0, 0.05) is 0 Å². The summed E-state index contributed by atoms with van der Waals surface area (Å²) < 4.78 is 15.2. The molecule has 0 spiro atoms. The number of amides is 2. The second-order valence-electron chi connectivity index (χ2n) is 9.58. The molecule has 1 atom stereocenters. The van der Waals surface area contributed by atoms with Crippen LogP contribution in [0, 0.1) is 6.92 Å². The molecule has 0 aliphatic carbocycles. The second kappa shape index (κ2) is 17.6. The van der Waals surface area contributed by atoms with Gasteiger partial charge in [-0.2, -0.15) is 4.98 Å². The molecule has 44 heavy (non-hydrogen) atoms. The number of ketones is 1. The van der Waals surface area contributed by atoms with E-state index in [4.69, 9.17) is 48.7 Å². The normalized spacial score (nSPS) is 11.1. The van der Waals surface area contributed by atoms with Gasteiger partial charge in [0.15, 0.2) is 0 Å². The Morgan fingerprint density at radius 3 is 2.32 bits per heavy atom. The molecule has 2 amide bonds. The third kappa shape index (κ3) is 11.7. The molecule has 1 unspecified atom stereocenters. The first-order valence-corrected chi connectivity index (χ1v) is 14.4. The number of aromatic nitrogens is 2. The molecule has 0 fully saturated rings. The summed E-state index contributed by atoms with van der Waals surface area (Å²) in [5.74, 6) is -0.119. The first-order valence-electron chi connectivity index (χ1n) is 13.7. The lowest BCUT2D eigenvalue weighted by Gasteiger charge is -2.16. The molecule has 0 bridgehead atoms. The zero-order chi connectivity index (χ0) is 31.9. The quantitative estimate of drug-likeness (QED) is 0.123. The molecule has 0 radical (unpaired) electrons. The Morgan fingerprint density at radius 1 is 0.955 bits per heavy atom. The molecule has 11 nitrogen and oxygen atoms in total. The van der Waals surface area contributed by atoms with E-state index in [2.05, 4.69) is 15.5 Å². The van der Waals surface area contributed by atoms with E-state index in [1.54, 1.807) is 30.3 Å². The van der Waals surface area contributed by atoms with E-state index >= 15 is 0 Å². The summed E-state index contributed by atoms with van der Waals surface area (Å²) in [7, 11) is 0. The highest BCUT2D eigenvalue weighted by molar-refractivity contribution is 6.42. The Labute approximate surface area is 264 Å². The summed E-state index contributed by atoms with van der Waals surface area (Å²) in [4.78, 5) is 40.3. The van der Waals surface area contributed by atoms with Gasteiger partial charge in [-0.05, 0) is 73.7 Å². The number of hydrogen-bond donors (Lipinski definition) is 3. The van der Waals surface area contributed by atoms with Gasteiger partial charge in [-0.3, -0.25) is 4.79 Å². The highest BCUT2D eigenvalue weighted by Gasteiger charge is 2.27. The average molecular weight is 643 g/mol. The molecule has 232 valence electrons. The molecule has 3 aromatic carbocycles. The lowest BCUT2D eigenvalue weighted by Crippen LogP contribution is -2.41. The maximum Gasteiger partial charge on any atom is 0.409 e. The van der Waals surface area contributed by atoms with E-state index in [1.807, 2.05) is 49.4 Å². The third-order valence-electron chi connectivity index (χ3n) is 6.03. The summed E-state index contributed by atoms with van der Waals surface area (Å²) in [5, 5.41) is 7.62. The molecule has 1 heterocycles. The Balaban J connectivity index is 0.000000502. The van der Waals surface area contributed by atoms with Crippen molar-refractivity contribution < 1.29 is 28.4 Å². The van der Waals surface area contributed by atoms with Gasteiger partial charge in [0.2, 0.25) is 17.5 Å². The molecule has 5 N–H and O–H groups in total. The summed E-state index contributed by atoms with van der Waals surface area (Å²) in [5.41, 5.74) is 13.3. The fraction of sp³-hybridized carbons (Fsp3) is 0.258. The van der Waals surface area contributed by atoms with Crippen molar-refractivity contribution in [1.82, 2.24) is 15.5 Å². The molecule has 0 saturated carbocycles. The fourth-order valence-corrected chi connectivity index (χ4v) is 4.17. The number of unbranched alkanes of at least 4 members (excludes halogenated alkanes) is 1. The Hall–Kier alpha value is -4.45. The lowest BCUT2D eigenvalue weighted by molar-refractivity contribution is 0.0896. The number of nitrogens with one attached hydrogen (secondary N) is 1. The number of primary amides is 1. The van der Waals surface area contributed by atoms with Crippen LogP contribution in [0.5, 0.6) is 5.75 Å². The number of hydrogen-bond acceptors (Lipinski definition) is 9. The molecule has 0 aliphatic rings. The van der Waals surface area contributed by atoms with Crippen LogP contribution in [0.4, 0.5) is 9.59 Å². The number of nitrogens with two attached hydrogens (primary N) is 2. The van der Waals surface area contributed by atoms with Crippen molar-refractivity contribution in [3.05, 3.63) is 111 Å².